The molecule has 63 heavy (non-hydrogen) atoms. The van der Waals surface area contributed by atoms with Crippen molar-refractivity contribution in [2.45, 2.75) is 86.0 Å². The summed E-state index contributed by atoms with van der Waals surface area (Å²) < 4.78 is 0. The molecule has 1 aliphatic rings. The monoisotopic (exact) mass is 828 g/mol. The molecule has 0 atom stereocenters. The minimum Gasteiger partial charge on any atom is -0.345 e. The summed E-state index contributed by atoms with van der Waals surface area (Å²) in [4.78, 5) is 2.19. The van der Waals surface area contributed by atoms with Gasteiger partial charge in [0.2, 0.25) is 0 Å². The van der Waals surface area contributed by atoms with E-state index in [0.29, 0.717) is 5.92 Å². The molecule has 0 radical (unpaired) electrons. The van der Waals surface area contributed by atoms with Crippen LogP contribution in [0, 0.1) is 13.8 Å². The van der Waals surface area contributed by atoms with Crippen LogP contribution in [0.25, 0.3) is 17.7 Å². The second kappa shape index (κ2) is 23.1. The fourth-order valence-electron chi connectivity index (χ4n) is 8.53. The zero-order chi connectivity index (χ0) is 45.4. The number of hydrogen-bond acceptors (Lipinski definition) is 1. The van der Waals surface area contributed by atoms with E-state index in [1.165, 1.54) is 78.2 Å². The van der Waals surface area contributed by atoms with Crippen LogP contribution in [0.15, 0.2) is 200 Å². The molecule has 0 bridgehead atoms. The molecule has 1 nitrogen and oxygen atoms in total. The summed E-state index contributed by atoms with van der Waals surface area (Å²) in [6.45, 7) is 25.5. The molecule has 322 valence electrons. The van der Waals surface area contributed by atoms with E-state index < -0.39 is 5.41 Å². The zero-order valence-corrected chi connectivity index (χ0v) is 39.5. The van der Waals surface area contributed by atoms with Crippen molar-refractivity contribution in [1.82, 2.24) is 0 Å². The Hall–Kier alpha value is -6.44. The van der Waals surface area contributed by atoms with Gasteiger partial charge in [0.15, 0.2) is 0 Å². The Morgan fingerprint density at radius 1 is 0.683 bits per heavy atom. The van der Waals surface area contributed by atoms with E-state index >= 15 is 0 Å². The zero-order valence-electron chi connectivity index (χ0n) is 39.5. The molecule has 7 rings (SSSR count). The third kappa shape index (κ3) is 11.5. The van der Waals surface area contributed by atoms with E-state index in [-0.39, 0.29) is 0 Å². The Kier molecular flexibility index (Phi) is 17.5. The van der Waals surface area contributed by atoms with Gasteiger partial charge in [-0.15, -0.1) is 6.58 Å². The van der Waals surface area contributed by atoms with Gasteiger partial charge < -0.3 is 4.90 Å². The molecule has 0 saturated carbocycles. The van der Waals surface area contributed by atoms with E-state index in [0.717, 1.165) is 24.8 Å². The van der Waals surface area contributed by atoms with E-state index in [1.807, 2.05) is 6.92 Å². The fraction of sp³-hybridized carbons (Fsp3) is 0.226. The predicted molar refractivity (Wildman–Crippen MR) is 279 cm³/mol. The van der Waals surface area contributed by atoms with E-state index in [4.69, 9.17) is 6.58 Å². The van der Waals surface area contributed by atoms with Gasteiger partial charge in [-0.05, 0) is 147 Å². The number of allylic oxidation sites excluding steroid dienone is 8. The molecule has 0 aromatic heterocycles. The molecule has 1 aliphatic carbocycles. The average Bonchev–Trinajstić information content (AvgIpc) is 3.37. The van der Waals surface area contributed by atoms with Crippen molar-refractivity contribution >= 4 is 29.1 Å². The first kappa shape index (κ1) is 47.6. The number of aryl methyl sites for hydroxylation is 2. The Morgan fingerprint density at radius 3 is 1.73 bits per heavy atom. The number of fused-ring (bicyclic) bond motifs is 1. The van der Waals surface area contributed by atoms with E-state index in [2.05, 4.69) is 249 Å². The van der Waals surface area contributed by atoms with Crippen LogP contribution in [0.3, 0.4) is 0 Å². The molecule has 0 aliphatic heterocycles. The van der Waals surface area contributed by atoms with Gasteiger partial charge in [-0.25, -0.2) is 0 Å². The lowest BCUT2D eigenvalue weighted by Crippen LogP contribution is -2.32. The Labute approximate surface area is 381 Å². The van der Waals surface area contributed by atoms with E-state index in [9.17, 15) is 0 Å². The average molecular weight is 828 g/mol. The molecule has 0 unspecified atom stereocenters. The van der Waals surface area contributed by atoms with Crippen molar-refractivity contribution in [1.29, 1.82) is 0 Å². The lowest BCUT2D eigenvalue weighted by molar-refractivity contribution is 0.640. The van der Waals surface area contributed by atoms with Crippen LogP contribution in [-0.4, -0.2) is 7.05 Å². The first-order valence-electron chi connectivity index (χ1n) is 22.7. The number of hydrogen-bond donors (Lipinski definition) is 0. The van der Waals surface area contributed by atoms with Crippen molar-refractivity contribution in [2.24, 2.45) is 0 Å². The molecule has 0 fully saturated rings. The minimum atomic E-state index is -0.517. The first-order chi connectivity index (χ1) is 30.5. The van der Waals surface area contributed by atoms with Crippen LogP contribution in [0.1, 0.15) is 116 Å². The number of benzene rings is 6. The summed E-state index contributed by atoms with van der Waals surface area (Å²) in [6, 6.07) is 52.7. The minimum absolute atomic E-state index is 0.517. The van der Waals surface area contributed by atoms with Crippen LogP contribution in [-0.2, 0) is 11.8 Å². The van der Waals surface area contributed by atoms with Gasteiger partial charge in [0.1, 0.15) is 0 Å². The Morgan fingerprint density at radius 2 is 1.22 bits per heavy atom. The van der Waals surface area contributed by atoms with Crippen LogP contribution in [0.5, 0.6) is 0 Å². The summed E-state index contributed by atoms with van der Waals surface area (Å²) in [7, 11) is 2.09. The smallest absolute Gasteiger partial charge is 0.0698 e. The van der Waals surface area contributed by atoms with Gasteiger partial charge in [-0.3, -0.25) is 0 Å². The summed E-state index contributed by atoms with van der Waals surface area (Å²) in [6.07, 6.45) is 18.3. The second-order valence-electron chi connectivity index (χ2n) is 16.8. The Bertz CT molecular complexity index is 2430. The summed E-state index contributed by atoms with van der Waals surface area (Å²) >= 11 is 0. The second-order valence-corrected chi connectivity index (χ2v) is 16.8. The third-order valence-corrected chi connectivity index (χ3v) is 12.3. The Balaban J connectivity index is 0.000000326. The highest BCUT2D eigenvalue weighted by Gasteiger charge is 2.40. The molecule has 6 aromatic carbocycles. The molecule has 0 heterocycles. The fourth-order valence-corrected chi connectivity index (χ4v) is 8.53. The maximum absolute atomic E-state index is 4.72. The highest BCUT2D eigenvalue weighted by atomic mass is 15.1. The predicted octanol–water partition coefficient (Wildman–Crippen LogP) is 17.4. The maximum atomic E-state index is 4.72. The standard InChI is InChI=1S/C44H46.C15H17N.C3H6/c1-7-36(8-2)42-31-35(28-30-40(42)34(6)32(3)4)27-29-37-20-18-26-43-41(37)25-17-9-12-19-33(5)44(43,38-21-13-10-14-22-38)39-23-15-11-16-24-39;1-12-4-8-14(9-5-12)16(3)15-10-6-13(2)7-11-15;1-3-2/h9-24,26-31,36H,5,7-8,25H2,1-4,6H3;4-11H,1-3H3;3H,1H2,2H3/b17-9-,19-12-,29-27+;;. The normalized spacial score (nSPS) is 13.8. The molecular formula is C62H69N. The van der Waals surface area contributed by atoms with Crippen molar-refractivity contribution < 1.29 is 0 Å². The van der Waals surface area contributed by atoms with Crippen LogP contribution in [0.4, 0.5) is 11.4 Å². The SMILES string of the molecule is C=C1/C=C\C=C/Cc2c(/C=C/c3ccc(C(C)=C(C)C)c(C(CC)CC)c3)cccc2C1(c1ccccc1)c1ccccc1.C=CC.Cc1ccc(N(C)c2ccc(C)cc2)cc1. The summed E-state index contributed by atoms with van der Waals surface area (Å²) in [5.74, 6) is 0.550. The third-order valence-electron chi connectivity index (χ3n) is 12.3. The highest BCUT2D eigenvalue weighted by Crippen LogP contribution is 2.47. The molecule has 0 saturated heterocycles. The van der Waals surface area contributed by atoms with Crippen LogP contribution < -0.4 is 4.90 Å². The summed E-state index contributed by atoms with van der Waals surface area (Å²) in [5, 5.41) is 0. The van der Waals surface area contributed by atoms with Gasteiger partial charge in [0, 0.05) is 18.4 Å². The number of rotatable bonds is 10. The van der Waals surface area contributed by atoms with Crippen molar-refractivity contribution in [3.8, 4) is 0 Å². The van der Waals surface area contributed by atoms with Crippen LogP contribution >= 0.6 is 0 Å². The van der Waals surface area contributed by atoms with Crippen molar-refractivity contribution in [3.05, 3.63) is 256 Å². The van der Waals surface area contributed by atoms with Gasteiger partial charge in [-0.2, -0.15) is 0 Å². The first-order valence-corrected chi connectivity index (χ1v) is 22.7. The quantitative estimate of drug-likeness (QED) is 0.0982. The van der Waals surface area contributed by atoms with Crippen molar-refractivity contribution in [2.75, 3.05) is 11.9 Å². The van der Waals surface area contributed by atoms with Gasteiger partial charge in [-0.1, -0.05) is 201 Å². The molecule has 6 aromatic rings. The molecule has 1 heteroatoms. The van der Waals surface area contributed by atoms with Crippen LogP contribution in [0.2, 0.25) is 0 Å². The van der Waals surface area contributed by atoms with Gasteiger partial charge in [0.25, 0.3) is 0 Å². The van der Waals surface area contributed by atoms with Gasteiger partial charge in [0.05, 0.1) is 5.41 Å². The molecule has 0 spiro atoms. The van der Waals surface area contributed by atoms with Crippen molar-refractivity contribution in [3.63, 3.8) is 0 Å². The lowest BCUT2D eigenvalue weighted by atomic mass is 9.63. The van der Waals surface area contributed by atoms with E-state index in [1.54, 1.807) is 6.08 Å². The topological polar surface area (TPSA) is 3.24 Å². The number of anilines is 2. The summed E-state index contributed by atoms with van der Waals surface area (Å²) in [5.41, 5.74) is 18.7. The molecule has 0 amide bonds. The highest BCUT2D eigenvalue weighted by molar-refractivity contribution is 5.77. The largest absolute Gasteiger partial charge is 0.345 e. The molecule has 0 N–H and O–H groups in total. The maximum Gasteiger partial charge on any atom is 0.0698 e. The molecular weight excluding hydrogens is 759 g/mol. The number of nitrogens with zero attached hydrogens (tertiary/aromatic N) is 1. The van der Waals surface area contributed by atoms with Gasteiger partial charge >= 0.3 is 0 Å². The lowest BCUT2D eigenvalue weighted by Gasteiger charge is -2.38.